The van der Waals surface area contributed by atoms with Crippen LogP contribution in [-0.4, -0.2) is 76.5 Å². The molecule has 0 aliphatic carbocycles. The fraction of sp³-hybridized carbons (Fsp3) is 0.500. The Labute approximate surface area is 219 Å². The standard InChI is InChI=1S/C24H36N6O8/c25-11-5-4-8-16(28-21(34)15(26)12-14-6-2-1-3-7-14)22(35)30-18(13-19(27)31)23(36)29-17(24(37)38)9-10-20(32)33/h1-3,6-7,15-18H,4-5,8-13,25-26H2,(H2,27,31)(H,28,34)(H,29,36)(H,30,35)(H,32,33)(H,37,38). The number of carboxylic acid groups (broad SMARTS) is 2. The quantitative estimate of drug-likeness (QED) is 0.0953. The van der Waals surface area contributed by atoms with Gasteiger partial charge in [-0.1, -0.05) is 30.3 Å². The normalized spacial score (nSPS) is 13.8. The maximum Gasteiger partial charge on any atom is 0.326 e. The van der Waals surface area contributed by atoms with Crippen LogP contribution in [0.2, 0.25) is 0 Å². The van der Waals surface area contributed by atoms with Crippen LogP contribution in [0.3, 0.4) is 0 Å². The fourth-order valence-corrected chi connectivity index (χ4v) is 3.48. The van der Waals surface area contributed by atoms with E-state index in [1.165, 1.54) is 0 Å². The zero-order valence-electron chi connectivity index (χ0n) is 20.9. The Hall–Kier alpha value is -4.04. The first kappa shape index (κ1) is 32.0. The molecule has 14 nitrogen and oxygen atoms in total. The number of benzene rings is 1. The highest BCUT2D eigenvalue weighted by atomic mass is 16.4. The van der Waals surface area contributed by atoms with Gasteiger partial charge >= 0.3 is 11.9 Å². The molecule has 11 N–H and O–H groups in total. The summed E-state index contributed by atoms with van der Waals surface area (Å²) in [5.41, 5.74) is 17.5. The van der Waals surface area contributed by atoms with E-state index in [9.17, 15) is 33.9 Å². The van der Waals surface area contributed by atoms with Crippen molar-refractivity contribution < 1.29 is 39.0 Å². The Morgan fingerprint density at radius 1 is 0.789 bits per heavy atom. The number of unbranched alkanes of at least 4 members (excludes halogenated alkanes) is 1. The number of carbonyl (C=O) groups excluding carboxylic acids is 4. The average Bonchev–Trinajstić information content (AvgIpc) is 2.85. The molecule has 0 heterocycles. The largest absolute Gasteiger partial charge is 0.481 e. The van der Waals surface area contributed by atoms with E-state index in [0.29, 0.717) is 19.4 Å². The van der Waals surface area contributed by atoms with Gasteiger partial charge in [0.05, 0.1) is 12.5 Å². The molecule has 4 amide bonds. The van der Waals surface area contributed by atoms with E-state index in [2.05, 4.69) is 16.0 Å². The monoisotopic (exact) mass is 536 g/mol. The predicted octanol–water partition coefficient (Wildman–Crippen LogP) is -2.04. The Bertz CT molecular complexity index is 974. The summed E-state index contributed by atoms with van der Waals surface area (Å²) in [5, 5.41) is 25.1. The first-order valence-corrected chi connectivity index (χ1v) is 12.1. The van der Waals surface area contributed by atoms with Gasteiger partial charge in [0.2, 0.25) is 23.6 Å². The summed E-state index contributed by atoms with van der Waals surface area (Å²) in [6, 6.07) is 3.74. The second-order valence-corrected chi connectivity index (χ2v) is 8.71. The predicted molar refractivity (Wildman–Crippen MR) is 135 cm³/mol. The molecule has 0 bridgehead atoms. The molecule has 38 heavy (non-hydrogen) atoms. The third-order valence-corrected chi connectivity index (χ3v) is 5.51. The van der Waals surface area contributed by atoms with Gasteiger partial charge in [-0.25, -0.2) is 4.79 Å². The summed E-state index contributed by atoms with van der Waals surface area (Å²) in [7, 11) is 0. The minimum absolute atomic E-state index is 0.147. The second kappa shape index (κ2) is 16.7. The molecular weight excluding hydrogens is 500 g/mol. The summed E-state index contributed by atoms with van der Waals surface area (Å²) >= 11 is 0. The third-order valence-electron chi connectivity index (χ3n) is 5.51. The second-order valence-electron chi connectivity index (χ2n) is 8.71. The van der Waals surface area contributed by atoms with Crippen LogP contribution in [0.4, 0.5) is 0 Å². The number of hydrogen-bond donors (Lipinski definition) is 8. The van der Waals surface area contributed by atoms with E-state index in [-0.39, 0.29) is 12.8 Å². The molecule has 0 aliphatic rings. The van der Waals surface area contributed by atoms with Crippen molar-refractivity contribution in [2.24, 2.45) is 17.2 Å². The number of amides is 4. The van der Waals surface area contributed by atoms with Crippen molar-refractivity contribution in [1.82, 2.24) is 16.0 Å². The Kier molecular flexibility index (Phi) is 14.0. The summed E-state index contributed by atoms with van der Waals surface area (Å²) in [4.78, 5) is 72.3. The van der Waals surface area contributed by atoms with E-state index in [0.717, 1.165) is 5.56 Å². The maximum absolute atomic E-state index is 13.1. The number of primary amides is 1. The van der Waals surface area contributed by atoms with Crippen molar-refractivity contribution in [3.63, 3.8) is 0 Å². The van der Waals surface area contributed by atoms with Gasteiger partial charge in [0, 0.05) is 6.42 Å². The van der Waals surface area contributed by atoms with Crippen molar-refractivity contribution in [1.29, 1.82) is 0 Å². The van der Waals surface area contributed by atoms with E-state index >= 15 is 0 Å². The Balaban J connectivity index is 2.97. The lowest BCUT2D eigenvalue weighted by molar-refractivity contribution is -0.143. The molecule has 4 atom stereocenters. The van der Waals surface area contributed by atoms with Crippen LogP contribution in [0.25, 0.3) is 0 Å². The molecule has 0 saturated carbocycles. The highest BCUT2D eigenvalue weighted by molar-refractivity contribution is 5.96. The van der Waals surface area contributed by atoms with E-state index < -0.39 is 79.0 Å². The third kappa shape index (κ3) is 12.3. The highest BCUT2D eigenvalue weighted by Gasteiger charge is 2.31. The zero-order chi connectivity index (χ0) is 28.7. The number of hydrogen-bond acceptors (Lipinski definition) is 8. The van der Waals surface area contributed by atoms with Crippen molar-refractivity contribution in [3.05, 3.63) is 35.9 Å². The van der Waals surface area contributed by atoms with Crippen molar-refractivity contribution in [2.75, 3.05) is 6.54 Å². The topological polar surface area (TPSA) is 257 Å². The number of nitrogens with one attached hydrogen (secondary N) is 3. The smallest absolute Gasteiger partial charge is 0.326 e. The lowest BCUT2D eigenvalue weighted by Crippen LogP contribution is -2.57. The molecule has 210 valence electrons. The summed E-state index contributed by atoms with van der Waals surface area (Å²) in [6.45, 7) is 0.343. The van der Waals surface area contributed by atoms with Crippen LogP contribution in [0, 0.1) is 0 Å². The molecule has 0 radical (unpaired) electrons. The van der Waals surface area contributed by atoms with Gasteiger partial charge in [0.25, 0.3) is 0 Å². The summed E-state index contributed by atoms with van der Waals surface area (Å²) < 4.78 is 0. The van der Waals surface area contributed by atoms with E-state index in [4.69, 9.17) is 22.3 Å². The average molecular weight is 537 g/mol. The van der Waals surface area contributed by atoms with E-state index in [1.54, 1.807) is 24.3 Å². The van der Waals surface area contributed by atoms with Crippen LogP contribution in [0.5, 0.6) is 0 Å². The molecule has 0 aromatic heterocycles. The van der Waals surface area contributed by atoms with E-state index in [1.807, 2.05) is 6.07 Å². The van der Waals surface area contributed by atoms with Gasteiger partial charge in [0.15, 0.2) is 0 Å². The van der Waals surface area contributed by atoms with Gasteiger partial charge in [-0.15, -0.1) is 0 Å². The van der Waals surface area contributed by atoms with Gasteiger partial charge in [-0.05, 0) is 44.2 Å². The van der Waals surface area contributed by atoms with Crippen LogP contribution in [-0.2, 0) is 35.2 Å². The van der Waals surface area contributed by atoms with Gasteiger partial charge in [-0.3, -0.25) is 24.0 Å². The number of aliphatic carboxylic acids is 2. The molecule has 0 saturated heterocycles. The molecule has 1 aromatic rings. The highest BCUT2D eigenvalue weighted by Crippen LogP contribution is 2.07. The van der Waals surface area contributed by atoms with Crippen LogP contribution in [0.1, 0.15) is 44.1 Å². The molecule has 4 unspecified atom stereocenters. The van der Waals surface area contributed by atoms with Crippen LogP contribution in [0.15, 0.2) is 30.3 Å². The lowest BCUT2D eigenvalue weighted by Gasteiger charge is -2.25. The first-order chi connectivity index (χ1) is 17.9. The molecular formula is C24H36N6O8. The number of carbonyl (C=O) groups is 6. The van der Waals surface area contributed by atoms with Crippen LogP contribution < -0.4 is 33.2 Å². The molecule has 0 fully saturated rings. The van der Waals surface area contributed by atoms with Crippen molar-refractivity contribution >= 4 is 35.6 Å². The SMILES string of the molecule is NCCCCC(NC(=O)C(N)Cc1ccccc1)C(=O)NC(CC(N)=O)C(=O)NC(CCC(=O)O)C(=O)O. The maximum atomic E-state index is 13.1. The minimum Gasteiger partial charge on any atom is -0.481 e. The van der Waals surface area contributed by atoms with Crippen LogP contribution >= 0.6 is 0 Å². The lowest BCUT2D eigenvalue weighted by atomic mass is 10.0. The minimum atomic E-state index is -1.58. The Morgan fingerprint density at radius 2 is 1.37 bits per heavy atom. The first-order valence-electron chi connectivity index (χ1n) is 12.1. The van der Waals surface area contributed by atoms with Gasteiger partial charge in [-0.2, -0.15) is 0 Å². The fourth-order valence-electron chi connectivity index (χ4n) is 3.48. The molecule has 14 heteroatoms. The number of carboxylic acids is 2. The zero-order valence-corrected chi connectivity index (χ0v) is 20.9. The molecule has 1 rings (SSSR count). The number of rotatable bonds is 18. The summed E-state index contributed by atoms with van der Waals surface area (Å²) in [6.07, 6.45) is -0.277. The molecule has 0 spiro atoms. The molecule has 1 aromatic carbocycles. The Morgan fingerprint density at radius 3 is 1.92 bits per heavy atom. The van der Waals surface area contributed by atoms with Gasteiger partial charge in [0.1, 0.15) is 18.1 Å². The molecule has 0 aliphatic heterocycles. The van der Waals surface area contributed by atoms with Crippen molar-refractivity contribution in [2.45, 2.75) is 69.1 Å². The van der Waals surface area contributed by atoms with Gasteiger partial charge < -0.3 is 43.4 Å². The summed E-state index contributed by atoms with van der Waals surface area (Å²) in [5.74, 6) is -6.21. The number of nitrogens with two attached hydrogens (primary N) is 3. The van der Waals surface area contributed by atoms with Crippen molar-refractivity contribution in [3.8, 4) is 0 Å².